The summed E-state index contributed by atoms with van der Waals surface area (Å²) in [6, 6.07) is 2.04. The Morgan fingerprint density at radius 3 is 2.65 bits per heavy atom. The number of nitrogens with one attached hydrogen (secondary N) is 1. The van der Waals surface area contributed by atoms with E-state index < -0.39 is 0 Å². The average Bonchev–Trinajstić information content (AvgIpc) is 2.59. The number of H-pyrrole nitrogens is 1. The molecule has 0 atom stereocenters. The van der Waals surface area contributed by atoms with Crippen molar-refractivity contribution in [3.05, 3.63) is 23.7 Å². The molecule has 2 aromatic rings. The zero-order valence-corrected chi connectivity index (χ0v) is 10.4. The molecule has 0 amide bonds. The van der Waals surface area contributed by atoms with E-state index in [-0.39, 0.29) is 0 Å². The van der Waals surface area contributed by atoms with E-state index in [1.54, 1.807) is 0 Å². The molecule has 1 aliphatic carbocycles. The second-order valence-electron chi connectivity index (χ2n) is 5.14. The van der Waals surface area contributed by atoms with Crippen molar-refractivity contribution in [2.24, 2.45) is 0 Å². The topological polar surface area (TPSA) is 41.6 Å². The normalized spacial score (nSPS) is 18.4. The van der Waals surface area contributed by atoms with Gasteiger partial charge >= 0.3 is 0 Å². The number of aryl methyl sites for hydroxylation is 1. The van der Waals surface area contributed by atoms with Gasteiger partial charge in [0.05, 0.1) is 5.52 Å². The number of hydrogen-bond donors (Lipinski definition) is 1. The Balaban J connectivity index is 1.96. The van der Waals surface area contributed by atoms with Crippen molar-refractivity contribution < 1.29 is 0 Å². The SMILES string of the molecule is Cc1ccnc2nc(C3CCCCCC3)[nH]c12. The van der Waals surface area contributed by atoms with Crippen LogP contribution in [0.3, 0.4) is 0 Å². The van der Waals surface area contributed by atoms with Crippen LogP contribution in [0.15, 0.2) is 12.3 Å². The van der Waals surface area contributed by atoms with Gasteiger partial charge in [0.25, 0.3) is 0 Å². The van der Waals surface area contributed by atoms with E-state index in [1.165, 1.54) is 44.1 Å². The maximum atomic E-state index is 4.67. The zero-order chi connectivity index (χ0) is 11.7. The van der Waals surface area contributed by atoms with E-state index >= 15 is 0 Å². The van der Waals surface area contributed by atoms with E-state index in [0.717, 1.165) is 17.0 Å². The molecule has 3 nitrogen and oxygen atoms in total. The maximum Gasteiger partial charge on any atom is 0.177 e. The lowest BCUT2D eigenvalue weighted by molar-refractivity contribution is 0.567. The minimum atomic E-state index is 0.617. The lowest BCUT2D eigenvalue weighted by Gasteiger charge is -2.09. The highest BCUT2D eigenvalue weighted by Crippen LogP contribution is 2.31. The summed E-state index contributed by atoms with van der Waals surface area (Å²) in [4.78, 5) is 12.5. The summed E-state index contributed by atoms with van der Waals surface area (Å²) in [5.41, 5.74) is 3.23. The second-order valence-corrected chi connectivity index (χ2v) is 5.14. The van der Waals surface area contributed by atoms with Crippen LogP contribution in [-0.2, 0) is 0 Å². The molecule has 1 saturated carbocycles. The number of fused-ring (bicyclic) bond motifs is 1. The van der Waals surface area contributed by atoms with Crippen LogP contribution in [0.5, 0.6) is 0 Å². The van der Waals surface area contributed by atoms with Gasteiger partial charge in [0, 0.05) is 12.1 Å². The Morgan fingerprint density at radius 2 is 1.94 bits per heavy atom. The van der Waals surface area contributed by atoms with Crippen LogP contribution in [-0.4, -0.2) is 15.0 Å². The third kappa shape index (κ3) is 2.06. The number of imidazole rings is 1. The van der Waals surface area contributed by atoms with Crippen molar-refractivity contribution in [3.8, 4) is 0 Å². The summed E-state index contributed by atoms with van der Waals surface area (Å²) in [6.07, 6.45) is 9.84. The van der Waals surface area contributed by atoms with Crippen LogP contribution in [0.1, 0.15) is 55.8 Å². The number of pyridine rings is 1. The molecule has 90 valence electrons. The molecular formula is C14H19N3. The number of rotatable bonds is 1. The average molecular weight is 229 g/mol. The first-order valence-corrected chi connectivity index (χ1v) is 6.66. The molecule has 0 unspecified atom stereocenters. The quantitative estimate of drug-likeness (QED) is 0.757. The highest BCUT2D eigenvalue weighted by atomic mass is 15.0. The molecule has 3 rings (SSSR count). The standard InChI is InChI=1S/C14H19N3/c1-10-8-9-15-14-12(10)16-13(17-14)11-6-4-2-3-5-7-11/h8-9,11H,2-7H2,1H3,(H,15,16,17). The molecule has 2 heterocycles. The number of aromatic amines is 1. The zero-order valence-electron chi connectivity index (χ0n) is 10.4. The van der Waals surface area contributed by atoms with Gasteiger partial charge in [0.15, 0.2) is 5.65 Å². The van der Waals surface area contributed by atoms with Crippen LogP contribution in [0, 0.1) is 6.92 Å². The fourth-order valence-electron chi connectivity index (χ4n) is 2.80. The van der Waals surface area contributed by atoms with Crippen LogP contribution in [0.2, 0.25) is 0 Å². The molecule has 1 aliphatic rings. The summed E-state index contributed by atoms with van der Waals surface area (Å²) in [7, 11) is 0. The van der Waals surface area contributed by atoms with Gasteiger partial charge in [-0.3, -0.25) is 0 Å². The Morgan fingerprint density at radius 1 is 1.18 bits per heavy atom. The lowest BCUT2D eigenvalue weighted by atomic mass is 10.00. The van der Waals surface area contributed by atoms with Gasteiger partial charge in [-0.1, -0.05) is 25.7 Å². The van der Waals surface area contributed by atoms with Gasteiger partial charge < -0.3 is 4.98 Å². The number of hydrogen-bond acceptors (Lipinski definition) is 2. The fourth-order valence-corrected chi connectivity index (χ4v) is 2.80. The van der Waals surface area contributed by atoms with Crippen LogP contribution >= 0.6 is 0 Å². The second kappa shape index (κ2) is 4.47. The largest absolute Gasteiger partial charge is 0.340 e. The van der Waals surface area contributed by atoms with Crippen LogP contribution < -0.4 is 0 Å². The summed E-state index contributed by atoms with van der Waals surface area (Å²) in [6.45, 7) is 2.11. The first-order valence-electron chi connectivity index (χ1n) is 6.66. The van der Waals surface area contributed by atoms with E-state index in [0.29, 0.717) is 5.92 Å². The molecule has 0 saturated heterocycles. The predicted molar refractivity (Wildman–Crippen MR) is 69.1 cm³/mol. The summed E-state index contributed by atoms with van der Waals surface area (Å²) in [5, 5.41) is 0. The van der Waals surface area contributed by atoms with Crippen LogP contribution in [0.25, 0.3) is 11.2 Å². The molecule has 0 spiro atoms. The summed E-state index contributed by atoms with van der Waals surface area (Å²) >= 11 is 0. The monoisotopic (exact) mass is 229 g/mol. The van der Waals surface area contributed by atoms with Gasteiger partial charge in [-0.25, -0.2) is 9.97 Å². The Kier molecular flexibility index (Phi) is 2.83. The van der Waals surface area contributed by atoms with Crippen molar-refractivity contribution in [1.29, 1.82) is 0 Å². The molecule has 0 radical (unpaired) electrons. The van der Waals surface area contributed by atoms with E-state index in [4.69, 9.17) is 0 Å². The third-order valence-corrected chi connectivity index (χ3v) is 3.86. The smallest absolute Gasteiger partial charge is 0.177 e. The predicted octanol–water partition coefficient (Wildman–Crippen LogP) is 3.70. The van der Waals surface area contributed by atoms with Crippen molar-refractivity contribution in [2.75, 3.05) is 0 Å². The summed E-state index contributed by atoms with van der Waals surface area (Å²) < 4.78 is 0. The lowest BCUT2D eigenvalue weighted by Crippen LogP contribution is -1.99. The van der Waals surface area contributed by atoms with Crippen molar-refractivity contribution in [2.45, 2.75) is 51.4 Å². The Hall–Kier alpha value is -1.38. The molecule has 0 aliphatic heterocycles. The van der Waals surface area contributed by atoms with Gasteiger partial charge in [0.1, 0.15) is 5.82 Å². The molecule has 1 N–H and O–H groups in total. The van der Waals surface area contributed by atoms with E-state index in [2.05, 4.69) is 21.9 Å². The van der Waals surface area contributed by atoms with Crippen LogP contribution in [0.4, 0.5) is 0 Å². The molecule has 0 aromatic carbocycles. The minimum absolute atomic E-state index is 0.617. The Bertz CT molecular complexity index is 507. The first kappa shape index (κ1) is 10.8. The minimum Gasteiger partial charge on any atom is -0.340 e. The highest BCUT2D eigenvalue weighted by molar-refractivity contribution is 5.74. The highest BCUT2D eigenvalue weighted by Gasteiger charge is 2.18. The van der Waals surface area contributed by atoms with Gasteiger partial charge in [-0.15, -0.1) is 0 Å². The molecule has 0 bridgehead atoms. The van der Waals surface area contributed by atoms with Crippen molar-refractivity contribution in [3.63, 3.8) is 0 Å². The fraction of sp³-hybridized carbons (Fsp3) is 0.571. The van der Waals surface area contributed by atoms with E-state index in [1.807, 2.05) is 12.3 Å². The molecular weight excluding hydrogens is 210 g/mol. The van der Waals surface area contributed by atoms with Crippen molar-refractivity contribution >= 4 is 11.2 Å². The first-order chi connectivity index (χ1) is 8.34. The maximum absolute atomic E-state index is 4.67. The molecule has 17 heavy (non-hydrogen) atoms. The third-order valence-electron chi connectivity index (χ3n) is 3.86. The Labute approximate surface area is 102 Å². The molecule has 1 fully saturated rings. The number of nitrogens with zero attached hydrogens (tertiary/aromatic N) is 2. The van der Waals surface area contributed by atoms with Crippen molar-refractivity contribution in [1.82, 2.24) is 15.0 Å². The molecule has 3 heteroatoms. The van der Waals surface area contributed by atoms with Gasteiger partial charge in [-0.2, -0.15) is 0 Å². The number of aromatic nitrogens is 3. The summed E-state index contributed by atoms with van der Waals surface area (Å²) in [5.74, 6) is 1.77. The van der Waals surface area contributed by atoms with E-state index in [9.17, 15) is 0 Å². The van der Waals surface area contributed by atoms with Gasteiger partial charge in [-0.05, 0) is 31.4 Å². The van der Waals surface area contributed by atoms with Gasteiger partial charge in [0.2, 0.25) is 0 Å². The molecule has 2 aromatic heterocycles.